The molecule has 1 fully saturated rings. The predicted octanol–water partition coefficient (Wildman–Crippen LogP) is 2.68. The number of anilines is 1. The quantitative estimate of drug-likeness (QED) is 0.821. The van der Waals surface area contributed by atoms with Crippen LogP contribution in [0.4, 0.5) is 23.2 Å². The van der Waals surface area contributed by atoms with Gasteiger partial charge in [-0.3, -0.25) is 0 Å². The normalized spacial score (nSPS) is 18.1. The maximum absolute atomic E-state index is 13.2. The third-order valence-corrected chi connectivity index (χ3v) is 4.86. The van der Waals surface area contributed by atoms with Crippen LogP contribution in [-0.4, -0.2) is 39.5 Å². The van der Waals surface area contributed by atoms with Gasteiger partial charge in [-0.05, 0) is 25.1 Å². The summed E-state index contributed by atoms with van der Waals surface area (Å²) < 4.78 is 85.0. The standard InChI is InChI=1S/C13H15F4NO4S/c1-12(21-6-7-22-12)4-5-18-10-3-2-9(14)8-11(10)23(19,20)13(15,16)17/h2-3,8,18H,4-7H2,1H3. The third-order valence-electron chi connectivity index (χ3n) is 3.33. The molecule has 0 bridgehead atoms. The van der Waals surface area contributed by atoms with Gasteiger partial charge in [0.05, 0.1) is 18.9 Å². The van der Waals surface area contributed by atoms with E-state index < -0.39 is 31.8 Å². The van der Waals surface area contributed by atoms with Crippen molar-refractivity contribution in [1.29, 1.82) is 0 Å². The lowest BCUT2D eigenvalue weighted by Gasteiger charge is -2.23. The molecule has 23 heavy (non-hydrogen) atoms. The number of nitrogens with one attached hydrogen (secondary N) is 1. The van der Waals surface area contributed by atoms with E-state index >= 15 is 0 Å². The smallest absolute Gasteiger partial charge is 0.384 e. The summed E-state index contributed by atoms with van der Waals surface area (Å²) in [5.41, 5.74) is -5.84. The van der Waals surface area contributed by atoms with Gasteiger partial charge in [0.1, 0.15) is 10.7 Å². The second-order valence-electron chi connectivity index (χ2n) is 5.10. The van der Waals surface area contributed by atoms with Gasteiger partial charge in [-0.15, -0.1) is 0 Å². The molecule has 1 N–H and O–H groups in total. The molecular weight excluding hydrogens is 342 g/mol. The number of halogens is 4. The van der Waals surface area contributed by atoms with E-state index in [0.717, 1.165) is 12.1 Å². The summed E-state index contributed by atoms with van der Waals surface area (Å²) in [4.78, 5) is -1.15. The highest BCUT2D eigenvalue weighted by atomic mass is 32.2. The van der Waals surface area contributed by atoms with Gasteiger partial charge < -0.3 is 14.8 Å². The van der Waals surface area contributed by atoms with Crippen molar-refractivity contribution in [2.24, 2.45) is 0 Å². The van der Waals surface area contributed by atoms with Gasteiger partial charge in [-0.1, -0.05) is 0 Å². The molecule has 130 valence electrons. The predicted molar refractivity (Wildman–Crippen MR) is 73.1 cm³/mol. The Morgan fingerprint density at radius 2 is 1.87 bits per heavy atom. The minimum atomic E-state index is -5.66. The van der Waals surface area contributed by atoms with Crippen LogP contribution in [0.2, 0.25) is 0 Å². The Morgan fingerprint density at radius 3 is 2.43 bits per heavy atom. The van der Waals surface area contributed by atoms with Crippen LogP contribution < -0.4 is 5.32 Å². The molecule has 5 nitrogen and oxygen atoms in total. The fraction of sp³-hybridized carbons (Fsp3) is 0.538. The summed E-state index contributed by atoms with van der Waals surface area (Å²) in [6.07, 6.45) is 0.274. The second-order valence-corrected chi connectivity index (χ2v) is 7.01. The Labute approximate surface area is 130 Å². The van der Waals surface area contributed by atoms with Crippen LogP contribution in [0.1, 0.15) is 13.3 Å². The molecule has 0 spiro atoms. The average molecular weight is 357 g/mol. The van der Waals surface area contributed by atoms with Gasteiger partial charge in [0.25, 0.3) is 9.84 Å². The van der Waals surface area contributed by atoms with E-state index in [9.17, 15) is 26.0 Å². The number of ether oxygens (including phenoxy) is 2. The van der Waals surface area contributed by atoms with Crippen molar-refractivity contribution in [1.82, 2.24) is 0 Å². The molecule has 2 rings (SSSR count). The number of alkyl halides is 3. The summed E-state index contributed by atoms with van der Waals surface area (Å²) in [6, 6.07) is 2.17. The molecule has 1 saturated heterocycles. The van der Waals surface area contributed by atoms with Crippen molar-refractivity contribution >= 4 is 15.5 Å². The Balaban J connectivity index is 2.19. The SMILES string of the molecule is CC1(CCNc2ccc(F)cc2S(=O)(=O)C(F)(F)F)OCCO1. The highest BCUT2D eigenvalue weighted by molar-refractivity contribution is 7.92. The molecule has 10 heteroatoms. The van der Waals surface area contributed by atoms with E-state index in [1.54, 1.807) is 6.92 Å². The van der Waals surface area contributed by atoms with Gasteiger partial charge >= 0.3 is 5.51 Å². The summed E-state index contributed by atoms with van der Waals surface area (Å²) in [5, 5.41) is 2.56. The van der Waals surface area contributed by atoms with Crippen LogP contribution in [0.3, 0.4) is 0 Å². The molecule has 0 unspecified atom stereocenters. The lowest BCUT2D eigenvalue weighted by Crippen LogP contribution is -2.29. The van der Waals surface area contributed by atoms with Crippen LogP contribution in [0.15, 0.2) is 23.1 Å². The van der Waals surface area contributed by atoms with Gasteiger partial charge in [-0.2, -0.15) is 13.2 Å². The molecule has 1 aromatic carbocycles. The Hall–Kier alpha value is -1.39. The highest BCUT2D eigenvalue weighted by Crippen LogP contribution is 2.35. The number of hydrogen-bond acceptors (Lipinski definition) is 5. The van der Waals surface area contributed by atoms with Crippen LogP contribution in [0.25, 0.3) is 0 Å². The Kier molecular flexibility index (Phi) is 4.88. The van der Waals surface area contributed by atoms with Crippen molar-refractivity contribution in [2.75, 3.05) is 25.1 Å². The van der Waals surface area contributed by atoms with E-state index in [0.29, 0.717) is 19.3 Å². The zero-order chi connectivity index (χ0) is 17.3. The number of sulfone groups is 1. The van der Waals surface area contributed by atoms with Gasteiger partial charge in [0, 0.05) is 13.0 Å². The lowest BCUT2D eigenvalue weighted by atomic mass is 10.2. The topological polar surface area (TPSA) is 64.6 Å². The minimum Gasteiger partial charge on any atom is -0.384 e. The summed E-state index contributed by atoms with van der Waals surface area (Å²) in [5.74, 6) is -1.95. The second kappa shape index (κ2) is 6.25. The minimum absolute atomic E-state index is 0.0858. The fourth-order valence-corrected chi connectivity index (χ4v) is 3.06. The number of hydrogen-bond donors (Lipinski definition) is 1. The van der Waals surface area contributed by atoms with E-state index in [1.165, 1.54) is 0 Å². The molecule has 1 heterocycles. The zero-order valence-corrected chi connectivity index (χ0v) is 12.9. The third kappa shape index (κ3) is 3.93. The van der Waals surface area contributed by atoms with Crippen LogP contribution >= 0.6 is 0 Å². The molecular formula is C13H15F4NO4S. The first-order valence-corrected chi connectivity index (χ1v) is 8.16. The first-order chi connectivity index (χ1) is 10.6. The molecule has 0 aromatic heterocycles. The maximum atomic E-state index is 13.2. The van der Waals surface area contributed by atoms with Gasteiger partial charge in [0.2, 0.25) is 0 Å². The summed E-state index contributed by atoms with van der Waals surface area (Å²) in [7, 11) is -5.66. The molecule has 0 aliphatic carbocycles. The van der Waals surface area contributed by atoms with Crippen molar-refractivity contribution in [2.45, 2.75) is 29.5 Å². The Bertz CT molecular complexity index is 669. The molecule has 0 amide bonds. The van der Waals surface area contributed by atoms with Crippen LogP contribution in [0.5, 0.6) is 0 Å². The lowest BCUT2D eigenvalue weighted by molar-refractivity contribution is -0.144. The van der Waals surface area contributed by atoms with Crippen LogP contribution in [-0.2, 0) is 19.3 Å². The van der Waals surface area contributed by atoms with Crippen molar-refractivity contribution in [3.05, 3.63) is 24.0 Å². The zero-order valence-electron chi connectivity index (χ0n) is 12.1. The molecule has 0 radical (unpaired) electrons. The molecule has 0 atom stereocenters. The average Bonchev–Trinajstić information content (AvgIpc) is 2.86. The summed E-state index contributed by atoms with van der Waals surface area (Å²) >= 11 is 0. The maximum Gasteiger partial charge on any atom is 0.501 e. The first-order valence-electron chi connectivity index (χ1n) is 6.68. The van der Waals surface area contributed by atoms with E-state index in [1.807, 2.05) is 0 Å². The fourth-order valence-electron chi connectivity index (χ4n) is 2.11. The van der Waals surface area contributed by atoms with Gasteiger partial charge in [0.15, 0.2) is 5.79 Å². The largest absolute Gasteiger partial charge is 0.501 e. The van der Waals surface area contributed by atoms with Crippen molar-refractivity contribution < 1.29 is 35.5 Å². The molecule has 0 saturated carbocycles. The van der Waals surface area contributed by atoms with E-state index in [-0.39, 0.29) is 18.7 Å². The molecule has 1 aliphatic rings. The first kappa shape index (κ1) is 18.0. The van der Waals surface area contributed by atoms with Crippen LogP contribution in [0, 0.1) is 5.82 Å². The van der Waals surface area contributed by atoms with Crippen molar-refractivity contribution in [3.8, 4) is 0 Å². The number of rotatable bonds is 5. The van der Waals surface area contributed by atoms with Gasteiger partial charge in [-0.25, -0.2) is 12.8 Å². The van der Waals surface area contributed by atoms with Crippen molar-refractivity contribution in [3.63, 3.8) is 0 Å². The molecule has 1 aromatic rings. The monoisotopic (exact) mass is 357 g/mol. The molecule has 1 aliphatic heterocycles. The highest BCUT2D eigenvalue weighted by Gasteiger charge is 2.48. The Morgan fingerprint density at radius 1 is 1.26 bits per heavy atom. The summed E-state index contributed by atoms with van der Waals surface area (Å²) in [6.45, 7) is 2.56. The van der Waals surface area contributed by atoms with E-state index in [4.69, 9.17) is 9.47 Å². The number of benzene rings is 1. The van der Waals surface area contributed by atoms with E-state index in [2.05, 4.69) is 5.32 Å².